The fourth-order valence-corrected chi connectivity index (χ4v) is 4.36. The van der Waals surface area contributed by atoms with Crippen LogP contribution in [0, 0.1) is 5.92 Å². The zero-order valence-corrected chi connectivity index (χ0v) is 15.5. The summed E-state index contributed by atoms with van der Waals surface area (Å²) < 4.78 is 10.8. The Labute approximate surface area is 154 Å². The summed E-state index contributed by atoms with van der Waals surface area (Å²) in [5.74, 6) is 0.0524. The number of carboxylic acid groups (broad SMARTS) is 1. The summed E-state index contributed by atoms with van der Waals surface area (Å²) in [6.07, 6.45) is 5.22. The predicted octanol–water partition coefficient (Wildman–Crippen LogP) is 2.84. The molecule has 1 aliphatic carbocycles. The van der Waals surface area contributed by atoms with E-state index in [1.165, 1.54) is 0 Å². The monoisotopic (exact) mass is 361 g/mol. The summed E-state index contributed by atoms with van der Waals surface area (Å²) in [6, 6.07) is 5.71. The van der Waals surface area contributed by atoms with E-state index in [2.05, 4.69) is 0 Å². The van der Waals surface area contributed by atoms with E-state index < -0.39 is 17.3 Å². The summed E-state index contributed by atoms with van der Waals surface area (Å²) in [5.41, 5.74) is 0.351. The summed E-state index contributed by atoms with van der Waals surface area (Å²) in [4.78, 5) is 26.5. The fourth-order valence-electron chi connectivity index (χ4n) is 4.36. The van der Waals surface area contributed by atoms with Crippen LogP contribution in [0.25, 0.3) is 0 Å². The Morgan fingerprint density at radius 1 is 1.12 bits per heavy atom. The number of aliphatic carboxylic acids is 1. The molecule has 0 spiro atoms. The standard InChI is InChI=1S/C20H27NO5/c1-25-16-7-6-15(12-17(16)26-2)20(9-4-3-5-10-20)19(24)21-11-8-14(13-21)18(22)23/h6-7,12,14H,3-5,8-11,13H2,1-2H3,(H,22,23). The molecule has 0 aromatic heterocycles. The van der Waals surface area contributed by atoms with Crippen molar-refractivity contribution in [3.05, 3.63) is 23.8 Å². The Morgan fingerprint density at radius 2 is 1.81 bits per heavy atom. The van der Waals surface area contributed by atoms with Crippen LogP contribution in [0.3, 0.4) is 0 Å². The lowest BCUT2D eigenvalue weighted by atomic mass is 9.68. The maximum absolute atomic E-state index is 13.5. The van der Waals surface area contributed by atoms with Crippen LogP contribution in [0.5, 0.6) is 11.5 Å². The number of amides is 1. The molecule has 1 saturated heterocycles. The van der Waals surface area contributed by atoms with E-state index in [4.69, 9.17) is 9.47 Å². The first-order valence-electron chi connectivity index (χ1n) is 9.26. The average molecular weight is 361 g/mol. The number of carbonyl (C=O) groups excluding carboxylic acids is 1. The minimum absolute atomic E-state index is 0.0631. The smallest absolute Gasteiger partial charge is 0.308 e. The molecule has 1 unspecified atom stereocenters. The second-order valence-electron chi connectivity index (χ2n) is 7.29. The number of rotatable bonds is 5. The molecule has 6 heteroatoms. The highest BCUT2D eigenvalue weighted by molar-refractivity contribution is 5.89. The molecular weight excluding hydrogens is 334 g/mol. The van der Waals surface area contributed by atoms with Gasteiger partial charge in [-0.2, -0.15) is 0 Å². The number of nitrogens with zero attached hydrogens (tertiary/aromatic N) is 1. The average Bonchev–Trinajstić information content (AvgIpc) is 3.17. The van der Waals surface area contributed by atoms with Gasteiger partial charge in [0.25, 0.3) is 0 Å². The van der Waals surface area contributed by atoms with Crippen LogP contribution in [0.1, 0.15) is 44.1 Å². The molecule has 1 aromatic rings. The van der Waals surface area contributed by atoms with Crippen LogP contribution in [0.15, 0.2) is 18.2 Å². The van der Waals surface area contributed by atoms with Gasteiger partial charge in [-0.25, -0.2) is 0 Å². The van der Waals surface area contributed by atoms with E-state index in [-0.39, 0.29) is 5.91 Å². The number of benzene rings is 1. The van der Waals surface area contributed by atoms with Crippen molar-refractivity contribution >= 4 is 11.9 Å². The van der Waals surface area contributed by atoms with Gasteiger partial charge in [0, 0.05) is 13.1 Å². The van der Waals surface area contributed by atoms with E-state index >= 15 is 0 Å². The van der Waals surface area contributed by atoms with Crippen molar-refractivity contribution < 1.29 is 24.2 Å². The third kappa shape index (κ3) is 3.24. The highest BCUT2D eigenvalue weighted by Crippen LogP contribution is 2.44. The molecule has 3 rings (SSSR count). The molecule has 1 heterocycles. The van der Waals surface area contributed by atoms with Crippen molar-refractivity contribution in [2.75, 3.05) is 27.3 Å². The van der Waals surface area contributed by atoms with Gasteiger partial charge in [-0.1, -0.05) is 25.3 Å². The number of hydrogen-bond acceptors (Lipinski definition) is 4. The maximum Gasteiger partial charge on any atom is 0.308 e. The zero-order chi connectivity index (χ0) is 18.7. The topological polar surface area (TPSA) is 76.1 Å². The van der Waals surface area contributed by atoms with Crippen LogP contribution < -0.4 is 9.47 Å². The minimum atomic E-state index is -0.816. The predicted molar refractivity (Wildman–Crippen MR) is 96.6 cm³/mol. The van der Waals surface area contributed by atoms with Gasteiger partial charge in [0.1, 0.15) is 0 Å². The third-order valence-electron chi connectivity index (χ3n) is 5.88. The molecule has 1 N–H and O–H groups in total. The molecule has 2 fully saturated rings. The number of ether oxygens (including phenoxy) is 2. The Balaban J connectivity index is 1.94. The van der Waals surface area contributed by atoms with Crippen LogP contribution >= 0.6 is 0 Å². The lowest BCUT2D eigenvalue weighted by Gasteiger charge is -2.39. The molecule has 1 atom stereocenters. The van der Waals surface area contributed by atoms with E-state index in [9.17, 15) is 14.7 Å². The molecule has 142 valence electrons. The maximum atomic E-state index is 13.5. The van der Waals surface area contributed by atoms with Gasteiger partial charge in [-0.3, -0.25) is 9.59 Å². The first-order valence-corrected chi connectivity index (χ1v) is 9.26. The van der Waals surface area contributed by atoms with Gasteiger partial charge < -0.3 is 19.5 Å². The highest BCUT2D eigenvalue weighted by Gasteiger charge is 2.46. The summed E-state index contributed by atoms with van der Waals surface area (Å²) in [6.45, 7) is 0.827. The van der Waals surface area contributed by atoms with Crippen molar-refractivity contribution in [1.82, 2.24) is 4.90 Å². The van der Waals surface area contributed by atoms with Crippen LogP contribution in [0.4, 0.5) is 0 Å². The number of likely N-dealkylation sites (tertiary alicyclic amines) is 1. The Kier molecular flexibility index (Phi) is 5.39. The number of hydrogen-bond donors (Lipinski definition) is 1. The Morgan fingerprint density at radius 3 is 2.38 bits per heavy atom. The van der Waals surface area contributed by atoms with Gasteiger partial charge in [-0.05, 0) is 37.0 Å². The molecule has 6 nitrogen and oxygen atoms in total. The van der Waals surface area contributed by atoms with Crippen molar-refractivity contribution in [2.24, 2.45) is 5.92 Å². The molecule has 2 aliphatic rings. The summed E-state index contributed by atoms with van der Waals surface area (Å²) in [7, 11) is 3.18. The highest BCUT2D eigenvalue weighted by atomic mass is 16.5. The zero-order valence-electron chi connectivity index (χ0n) is 15.5. The molecule has 0 radical (unpaired) electrons. The van der Waals surface area contributed by atoms with E-state index in [1.807, 2.05) is 18.2 Å². The van der Waals surface area contributed by atoms with E-state index in [0.29, 0.717) is 31.0 Å². The Hall–Kier alpha value is -2.24. The van der Waals surface area contributed by atoms with Gasteiger partial charge >= 0.3 is 5.97 Å². The van der Waals surface area contributed by atoms with Gasteiger partial charge in [0.2, 0.25) is 5.91 Å². The van der Waals surface area contributed by atoms with Crippen LogP contribution in [-0.4, -0.2) is 49.2 Å². The van der Waals surface area contributed by atoms with Crippen molar-refractivity contribution in [1.29, 1.82) is 0 Å². The van der Waals surface area contributed by atoms with Crippen molar-refractivity contribution in [3.8, 4) is 11.5 Å². The van der Waals surface area contributed by atoms with Crippen molar-refractivity contribution in [2.45, 2.75) is 43.9 Å². The number of methoxy groups -OCH3 is 2. The number of carbonyl (C=O) groups is 2. The molecule has 1 aromatic carbocycles. The first-order chi connectivity index (χ1) is 12.5. The van der Waals surface area contributed by atoms with Crippen LogP contribution in [0.2, 0.25) is 0 Å². The van der Waals surface area contributed by atoms with Gasteiger partial charge in [0.15, 0.2) is 11.5 Å². The largest absolute Gasteiger partial charge is 0.493 e. The first kappa shape index (κ1) is 18.5. The molecule has 26 heavy (non-hydrogen) atoms. The van der Waals surface area contributed by atoms with E-state index in [0.717, 1.165) is 37.7 Å². The van der Waals surface area contributed by atoms with Gasteiger partial charge in [0.05, 0.1) is 25.6 Å². The summed E-state index contributed by atoms with van der Waals surface area (Å²) in [5, 5.41) is 9.26. The third-order valence-corrected chi connectivity index (χ3v) is 5.88. The lowest BCUT2D eigenvalue weighted by molar-refractivity contribution is -0.142. The summed E-state index contributed by atoms with van der Waals surface area (Å²) >= 11 is 0. The minimum Gasteiger partial charge on any atom is -0.493 e. The van der Waals surface area contributed by atoms with Crippen LogP contribution in [-0.2, 0) is 15.0 Å². The quantitative estimate of drug-likeness (QED) is 0.873. The van der Waals surface area contributed by atoms with Crippen molar-refractivity contribution in [3.63, 3.8) is 0 Å². The second-order valence-corrected chi connectivity index (χ2v) is 7.29. The van der Waals surface area contributed by atoms with Gasteiger partial charge in [-0.15, -0.1) is 0 Å². The SMILES string of the molecule is COc1ccc(C2(C(=O)N3CCC(C(=O)O)C3)CCCCC2)cc1OC. The fraction of sp³-hybridized carbons (Fsp3) is 0.600. The Bertz CT molecular complexity index is 681. The molecule has 1 amide bonds. The van der Waals surface area contributed by atoms with E-state index in [1.54, 1.807) is 19.1 Å². The molecule has 1 aliphatic heterocycles. The second kappa shape index (κ2) is 7.56. The number of carboxylic acids is 1. The lowest BCUT2D eigenvalue weighted by Crippen LogP contribution is -2.47. The normalized spacial score (nSPS) is 22.1. The molecular formula is C20H27NO5. The molecule has 1 saturated carbocycles. The molecule has 0 bridgehead atoms.